The molecular weight excluding hydrogens is 264 g/mol. The minimum Gasteiger partial charge on any atom is -0.306 e. The monoisotopic (exact) mass is 284 g/mol. The molecule has 16 heavy (non-hydrogen) atoms. The van der Waals surface area contributed by atoms with Crippen LogP contribution in [0.2, 0.25) is 0 Å². The first-order valence-electron chi connectivity index (χ1n) is 5.97. The van der Waals surface area contributed by atoms with Crippen LogP contribution >= 0.6 is 15.9 Å². The smallest absolute Gasteiger partial charge is 0.0416 e. The highest BCUT2D eigenvalue weighted by Gasteiger charge is 1.99. The van der Waals surface area contributed by atoms with E-state index in [1.165, 1.54) is 31.5 Å². The number of aromatic nitrogens is 1. The van der Waals surface area contributed by atoms with Crippen molar-refractivity contribution in [3.63, 3.8) is 0 Å². The van der Waals surface area contributed by atoms with Gasteiger partial charge in [0.25, 0.3) is 0 Å². The van der Waals surface area contributed by atoms with Crippen LogP contribution in [-0.4, -0.2) is 35.4 Å². The van der Waals surface area contributed by atoms with Crippen molar-refractivity contribution in [1.29, 1.82) is 0 Å². The molecule has 1 aromatic rings. The number of rotatable bonds is 8. The number of nitrogens with zero attached hydrogens (tertiary/aromatic N) is 2. The van der Waals surface area contributed by atoms with Gasteiger partial charge in [-0.15, -0.1) is 0 Å². The van der Waals surface area contributed by atoms with Gasteiger partial charge in [0, 0.05) is 30.2 Å². The Morgan fingerprint density at radius 1 is 1.19 bits per heavy atom. The van der Waals surface area contributed by atoms with Crippen molar-refractivity contribution in [2.45, 2.75) is 25.7 Å². The average molecular weight is 285 g/mol. The predicted molar refractivity (Wildman–Crippen MR) is 73.1 cm³/mol. The Morgan fingerprint density at radius 3 is 2.75 bits per heavy atom. The number of hydrogen-bond donors (Lipinski definition) is 0. The summed E-state index contributed by atoms with van der Waals surface area (Å²) in [6, 6.07) is 6.12. The van der Waals surface area contributed by atoms with E-state index in [2.05, 4.69) is 45.0 Å². The molecule has 1 aromatic heterocycles. The van der Waals surface area contributed by atoms with Crippen LogP contribution in [0.4, 0.5) is 0 Å². The van der Waals surface area contributed by atoms with E-state index in [4.69, 9.17) is 0 Å². The molecule has 0 radical (unpaired) electrons. The summed E-state index contributed by atoms with van der Waals surface area (Å²) in [6.07, 6.45) is 6.82. The van der Waals surface area contributed by atoms with E-state index in [1.807, 2.05) is 12.3 Å². The van der Waals surface area contributed by atoms with Crippen molar-refractivity contribution in [3.05, 3.63) is 30.1 Å². The first-order valence-corrected chi connectivity index (χ1v) is 7.09. The fourth-order valence-electron chi connectivity index (χ4n) is 1.62. The number of halogens is 1. The van der Waals surface area contributed by atoms with Gasteiger partial charge in [-0.3, -0.25) is 4.98 Å². The van der Waals surface area contributed by atoms with Crippen LogP contribution in [0, 0.1) is 0 Å². The third-order valence-electron chi connectivity index (χ3n) is 2.65. The standard InChI is InChI=1S/C13H21BrN2/c1-16(11-6-2-4-9-14)12-8-13-7-3-5-10-15-13/h3,5,7,10H,2,4,6,8-9,11-12H2,1H3. The highest BCUT2D eigenvalue weighted by molar-refractivity contribution is 9.09. The largest absolute Gasteiger partial charge is 0.306 e. The highest BCUT2D eigenvalue weighted by atomic mass is 79.9. The third-order valence-corrected chi connectivity index (χ3v) is 3.21. The molecule has 0 spiro atoms. The van der Waals surface area contributed by atoms with Gasteiger partial charge in [0.15, 0.2) is 0 Å². The maximum Gasteiger partial charge on any atom is 0.0416 e. The summed E-state index contributed by atoms with van der Waals surface area (Å²) in [5.41, 5.74) is 1.19. The van der Waals surface area contributed by atoms with Gasteiger partial charge < -0.3 is 4.90 Å². The zero-order valence-electron chi connectivity index (χ0n) is 10.0. The number of alkyl halides is 1. The molecule has 0 aliphatic rings. The molecule has 3 heteroatoms. The lowest BCUT2D eigenvalue weighted by molar-refractivity contribution is 0.328. The van der Waals surface area contributed by atoms with E-state index >= 15 is 0 Å². The Morgan fingerprint density at radius 2 is 2.06 bits per heavy atom. The van der Waals surface area contributed by atoms with E-state index in [9.17, 15) is 0 Å². The first kappa shape index (κ1) is 13.7. The molecule has 2 nitrogen and oxygen atoms in total. The van der Waals surface area contributed by atoms with Gasteiger partial charge in [-0.1, -0.05) is 28.4 Å². The minimum absolute atomic E-state index is 1.05. The Hall–Kier alpha value is -0.410. The van der Waals surface area contributed by atoms with E-state index in [1.54, 1.807) is 0 Å². The molecule has 0 fully saturated rings. The van der Waals surface area contributed by atoms with Crippen molar-refractivity contribution in [2.24, 2.45) is 0 Å². The van der Waals surface area contributed by atoms with Gasteiger partial charge >= 0.3 is 0 Å². The lowest BCUT2D eigenvalue weighted by Gasteiger charge is -2.15. The second kappa shape index (κ2) is 8.71. The lowest BCUT2D eigenvalue weighted by Crippen LogP contribution is -2.22. The van der Waals surface area contributed by atoms with Crippen molar-refractivity contribution >= 4 is 15.9 Å². The molecule has 0 amide bonds. The van der Waals surface area contributed by atoms with Gasteiger partial charge in [0.2, 0.25) is 0 Å². The molecular formula is C13H21BrN2. The second-order valence-corrected chi connectivity index (χ2v) is 4.92. The second-order valence-electron chi connectivity index (χ2n) is 4.12. The van der Waals surface area contributed by atoms with Gasteiger partial charge in [0.1, 0.15) is 0 Å². The summed E-state index contributed by atoms with van der Waals surface area (Å²) in [7, 11) is 2.19. The molecule has 0 saturated heterocycles. The van der Waals surface area contributed by atoms with Crippen LogP contribution in [0.1, 0.15) is 25.0 Å². The fourth-order valence-corrected chi connectivity index (χ4v) is 2.01. The molecule has 0 aromatic carbocycles. The summed E-state index contributed by atoms with van der Waals surface area (Å²) >= 11 is 3.46. The van der Waals surface area contributed by atoms with Crippen molar-refractivity contribution in [2.75, 3.05) is 25.5 Å². The molecule has 0 atom stereocenters. The van der Waals surface area contributed by atoms with Crippen LogP contribution in [0.15, 0.2) is 24.4 Å². The summed E-state index contributed by atoms with van der Waals surface area (Å²) in [6.45, 7) is 2.30. The quantitative estimate of drug-likeness (QED) is 0.539. The molecule has 90 valence electrons. The minimum atomic E-state index is 1.05. The lowest BCUT2D eigenvalue weighted by atomic mass is 10.2. The highest BCUT2D eigenvalue weighted by Crippen LogP contribution is 2.01. The normalized spacial score (nSPS) is 10.9. The van der Waals surface area contributed by atoms with Crippen molar-refractivity contribution < 1.29 is 0 Å². The molecule has 0 bridgehead atoms. The molecule has 0 aliphatic carbocycles. The summed E-state index contributed by atoms with van der Waals surface area (Å²) < 4.78 is 0. The Labute approximate surface area is 107 Å². The van der Waals surface area contributed by atoms with Crippen LogP contribution in [0.25, 0.3) is 0 Å². The average Bonchev–Trinajstić information content (AvgIpc) is 2.33. The zero-order chi connectivity index (χ0) is 11.6. The fraction of sp³-hybridized carbons (Fsp3) is 0.615. The van der Waals surface area contributed by atoms with Gasteiger partial charge in [0.05, 0.1) is 0 Å². The summed E-state index contributed by atoms with van der Waals surface area (Å²) in [5.74, 6) is 0. The zero-order valence-corrected chi connectivity index (χ0v) is 11.6. The molecule has 0 N–H and O–H groups in total. The molecule has 1 heterocycles. The number of pyridine rings is 1. The number of hydrogen-bond acceptors (Lipinski definition) is 2. The van der Waals surface area contributed by atoms with E-state index in [0.29, 0.717) is 0 Å². The van der Waals surface area contributed by atoms with Crippen LogP contribution < -0.4 is 0 Å². The van der Waals surface area contributed by atoms with Gasteiger partial charge in [-0.05, 0) is 38.6 Å². The first-order chi connectivity index (χ1) is 7.83. The van der Waals surface area contributed by atoms with Crippen LogP contribution in [-0.2, 0) is 6.42 Å². The van der Waals surface area contributed by atoms with E-state index < -0.39 is 0 Å². The van der Waals surface area contributed by atoms with Crippen LogP contribution in [0.3, 0.4) is 0 Å². The molecule has 0 aliphatic heterocycles. The summed E-state index contributed by atoms with van der Waals surface area (Å²) in [4.78, 5) is 6.72. The van der Waals surface area contributed by atoms with Gasteiger partial charge in [-0.2, -0.15) is 0 Å². The molecule has 0 saturated carbocycles. The third kappa shape index (κ3) is 6.23. The summed E-state index contributed by atoms with van der Waals surface area (Å²) in [5, 5.41) is 1.13. The van der Waals surface area contributed by atoms with E-state index in [-0.39, 0.29) is 0 Å². The maximum atomic E-state index is 4.33. The van der Waals surface area contributed by atoms with Crippen molar-refractivity contribution in [1.82, 2.24) is 9.88 Å². The SMILES string of the molecule is CN(CCCCCBr)CCc1ccccn1. The molecule has 0 unspecified atom stereocenters. The maximum absolute atomic E-state index is 4.33. The van der Waals surface area contributed by atoms with E-state index in [0.717, 1.165) is 18.3 Å². The van der Waals surface area contributed by atoms with Crippen LogP contribution in [0.5, 0.6) is 0 Å². The van der Waals surface area contributed by atoms with Gasteiger partial charge in [-0.25, -0.2) is 0 Å². The Bertz CT molecular complexity index is 264. The van der Waals surface area contributed by atoms with Crippen molar-refractivity contribution in [3.8, 4) is 0 Å². The Kier molecular flexibility index (Phi) is 7.43. The number of likely N-dealkylation sites (N-methyl/N-ethyl adjacent to an activating group) is 1. The predicted octanol–water partition coefficient (Wildman–Crippen LogP) is 3.12. The molecule has 1 rings (SSSR count). The number of unbranched alkanes of at least 4 members (excludes halogenated alkanes) is 2. The topological polar surface area (TPSA) is 16.1 Å². The Balaban J connectivity index is 2.08.